The smallest absolute Gasteiger partial charge is 0.272 e. The second-order valence-electron chi connectivity index (χ2n) is 5.03. The standard InChI is InChI=1S/C16H14N4O5S/c21-16(11-26-10-12-5-7-14(8-6-12)19(22)23)18-17-9-13-3-1-2-4-15(13)20(24)25/h1-9H,10-11H2,(H,18,21)/b17-9+. The van der Waals surface area contributed by atoms with Gasteiger partial charge < -0.3 is 0 Å². The van der Waals surface area contributed by atoms with Crippen molar-refractivity contribution in [3.63, 3.8) is 0 Å². The molecule has 0 atom stereocenters. The van der Waals surface area contributed by atoms with Crippen LogP contribution in [-0.4, -0.2) is 27.7 Å². The van der Waals surface area contributed by atoms with Crippen molar-refractivity contribution in [1.82, 2.24) is 5.43 Å². The molecule has 1 amide bonds. The molecule has 0 aliphatic carbocycles. The zero-order valence-electron chi connectivity index (χ0n) is 13.4. The van der Waals surface area contributed by atoms with Gasteiger partial charge in [-0.1, -0.05) is 24.3 Å². The molecule has 0 unspecified atom stereocenters. The number of hydrogen-bond donors (Lipinski definition) is 1. The van der Waals surface area contributed by atoms with Crippen LogP contribution >= 0.6 is 11.8 Å². The highest BCUT2D eigenvalue weighted by molar-refractivity contribution is 7.99. The van der Waals surface area contributed by atoms with Gasteiger partial charge in [-0.2, -0.15) is 5.10 Å². The number of rotatable bonds is 8. The highest BCUT2D eigenvalue weighted by atomic mass is 32.2. The van der Waals surface area contributed by atoms with Crippen molar-refractivity contribution in [3.05, 3.63) is 79.9 Å². The van der Waals surface area contributed by atoms with Gasteiger partial charge in [0.05, 0.1) is 27.4 Å². The van der Waals surface area contributed by atoms with Crippen LogP contribution in [0.4, 0.5) is 11.4 Å². The van der Waals surface area contributed by atoms with Crippen molar-refractivity contribution in [2.45, 2.75) is 5.75 Å². The number of hydrogen-bond acceptors (Lipinski definition) is 7. The number of thioether (sulfide) groups is 1. The van der Waals surface area contributed by atoms with Crippen LogP contribution in [0.25, 0.3) is 0 Å². The van der Waals surface area contributed by atoms with E-state index in [1.807, 2.05) is 0 Å². The van der Waals surface area contributed by atoms with Gasteiger partial charge in [0, 0.05) is 24.0 Å². The van der Waals surface area contributed by atoms with Gasteiger partial charge >= 0.3 is 0 Å². The monoisotopic (exact) mass is 374 g/mol. The van der Waals surface area contributed by atoms with Crippen molar-refractivity contribution in [1.29, 1.82) is 0 Å². The maximum atomic E-state index is 11.7. The molecule has 0 aromatic heterocycles. The maximum absolute atomic E-state index is 11.7. The molecule has 0 bridgehead atoms. The number of amides is 1. The van der Waals surface area contributed by atoms with E-state index in [0.29, 0.717) is 5.75 Å². The highest BCUT2D eigenvalue weighted by Crippen LogP contribution is 2.17. The molecule has 0 aliphatic heterocycles. The van der Waals surface area contributed by atoms with E-state index in [-0.39, 0.29) is 28.6 Å². The molecule has 0 saturated heterocycles. The average molecular weight is 374 g/mol. The van der Waals surface area contributed by atoms with Crippen LogP contribution in [0.3, 0.4) is 0 Å². The van der Waals surface area contributed by atoms with Crippen molar-refractivity contribution in [2.75, 3.05) is 5.75 Å². The van der Waals surface area contributed by atoms with Crippen molar-refractivity contribution < 1.29 is 14.6 Å². The summed E-state index contributed by atoms with van der Waals surface area (Å²) in [5.41, 5.74) is 3.37. The SMILES string of the molecule is O=C(CSCc1ccc([N+](=O)[O-])cc1)N/N=C/c1ccccc1[N+](=O)[O-]. The molecule has 0 radical (unpaired) electrons. The first kappa shape index (κ1) is 19.1. The minimum absolute atomic E-state index is 0.0147. The molecule has 2 rings (SSSR count). The number of nitrogens with one attached hydrogen (secondary N) is 1. The topological polar surface area (TPSA) is 128 Å². The molecule has 9 nitrogen and oxygen atoms in total. The lowest BCUT2D eigenvalue weighted by molar-refractivity contribution is -0.385. The van der Waals surface area contributed by atoms with E-state index in [9.17, 15) is 25.0 Å². The molecule has 10 heteroatoms. The third kappa shape index (κ3) is 5.67. The number of para-hydroxylation sites is 1. The quantitative estimate of drug-likeness (QED) is 0.430. The van der Waals surface area contributed by atoms with E-state index >= 15 is 0 Å². The predicted octanol–water partition coefficient (Wildman–Crippen LogP) is 2.89. The first-order valence-corrected chi connectivity index (χ1v) is 8.49. The fraction of sp³-hybridized carbons (Fsp3) is 0.125. The predicted molar refractivity (Wildman–Crippen MR) is 98.1 cm³/mol. The van der Waals surface area contributed by atoms with Crippen LogP contribution < -0.4 is 5.43 Å². The van der Waals surface area contributed by atoms with Crippen LogP contribution in [0.5, 0.6) is 0 Å². The number of carbonyl (C=O) groups excluding carboxylic acids is 1. The Balaban J connectivity index is 1.79. The number of carbonyl (C=O) groups is 1. The molecular formula is C16H14N4O5S. The van der Waals surface area contributed by atoms with Gasteiger partial charge in [-0.25, -0.2) is 5.43 Å². The Morgan fingerprint density at radius 2 is 1.77 bits per heavy atom. The minimum Gasteiger partial charge on any atom is -0.272 e. The summed E-state index contributed by atoms with van der Waals surface area (Å²) >= 11 is 1.32. The second kappa shape index (κ2) is 9.28. The summed E-state index contributed by atoms with van der Waals surface area (Å²) in [6.45, 7) is 0. The van der Waals surface area contributed by atoms with Crippen LogP contribution in [-0.2, 0) is 10.5 Å². The summed E-state index contributed by atoms with van der Waals surface area (Å²) in [6, 6.07) is 12.1. The maximum Gasteiger partial charge on any atom is 0.278 e. The fourth-order valence-electron chi connectivity index (χ4n) is 1.94. The molecule has 1 N–H and O–H groups in total. The Kier molecular flexibility index (Phi) is 6.80. The zero-order chi connectivity index (χ0) is 18.9. The van der Waals surface area contributed by atoms with Crippen molar-refractivity contribution >= 4 is 35.3 Å². The van der Waals surface area contributed by atoms with Gasteiger partial charge in [0.1, 0.15) is 0 Å². The average Bonchev–Trinajstić information content (AvgIpc) is 2.62. The summed E-state index contributed by atoms with van der Waals surface area (Å²) in [5.74, 6) is 0.288. The number of non-ortho nitro benzene ring substituents is 1. The Labute approximate surface area is 152 Å². The molecule has 0 aliphatic rings. The molecule has 2 aromatic carbocycles. The highest BCUT2D eigenvalue weighted by Gasteiger charge is 2.10. The number of nitrogens with zero attached hydrogens (tertiary/aromatic N) is 3. The van der Waals surface area contributed by atoms with E-state index in [1.165, 1.54) is 42.2 Å². The van der Waals surface area contributed by atoms with E-state index < -0.39 is 9.85 Å². The molecule has 26 heavy (non-hydrogen) atoms. The summed E-state index contributed by atoms with van der Waals surface area (Å²) < 4.78 is 0. The number of nitro groups is 2. The van der Waals surface area contributed by atoms with Crippen molar-refractivity contribution in [2.24, 2.45) is 5.10 Å². The Morgan fingerprint density at radius 3 is 2.42 bits per heavy atom. The Bertz CT molecular complexity index is 839. The first-order valence-electron chi connectivity index (χ1n) is 7.34. The lowest BCUT2D eigenvalue weighted by Gasteiger charge is -2.02. The van der Waals surface area contributed by atoms with E-state index in [1.54, 1.807) is 24.3 Å². The summed E-state index contributed by atoms with van der Waals surface area (Å²) in [4.78, 5) is 32.2. The van der Waals surface area contributed by atoms with E-state index in [2.05, 4.69) is 10.5 Å². The van der Waals surface area contributed by atoms with Gasteiger partial charge in [0.2, 0.25) is 5.91 Å². The van der Waals surface area contributed by atoms with E-state index in [4.69, 9.17) is 0 Å². The third-order valence-electron chi connectivity index (χ3n) is 3.18. The van der Waals surface area contributed by atoms with Crippen LogP contribution in [0.15, 0.2) is 53.6 Å². The lowest BCUT2D eigenvalue weighted by Crippen LogP contribution is -2.19. The Hall–Kier alpha value is -3.27. The largest absolute Gasteiger partial charge is 0.278 e. The molecule has 0 saturated carbocycles. The minimum atomic E-state index is -0.525. The number of hydrazone groups is 1. The molecule has 2 aromatic rings. The van der Waals surface area contributed by atoms with Gasteiger partial charge in [0.15, 0.2) is 0 Å². The second-order valence-corrected chi connectivity index (χ2v) is 6.01. The molecule has 0 heterocycles. The van der Waals surface area contributed by atoms with Gasteiger partial charge in [-0.05, 0) is 11.6 Å². The van der Waals surface area contributed by atoms with Gasteiger partial charge in [-0.3, -0.25) is 25.0 Å². The van der Waals surface area contributed by atoms with Crippen LogP contribution in [0.2, 0.25) is 0 Å². The number of nitro benzene ring substituents is 2. The van der Waals surface area contributed by atoms with E-state index in [0.717, 1.165) is 5.56 Å². The van der Waals surface area contributed by atoms with Crippen molar-refractivity contribution in [3.8, 4) is 0 Å². The summed E-state index contributed by atoms with van der Waals surface area (Å²) in [5, 5.41) is 25.2. The normalized spacial score (nSPS) is 10.6. The summed E-state index contributed by atoms with van der Waals surface area (Å²) in [6.07, 6.45) is 1.22. The lowest BCUT2D eigenvalue weighted by atomic mass is 10.2. The Morgan fingerprint density at radius 1 is 1.08 bits per heavy atom. The number of benzene rings is 2. The van der Waals surface area contributed by atoms with Gasteiger partial charge in [0.25, 0.3) is 11.4 Å². The summed E-state index contributed by atoms with van der Waals surface area (Å²) in [7, 11) is 0. The molecule has 0 fully saturated rings. The molecular weight excluding hydrogens is 360 g/mol. The molecule has 0 spiro atoms. The molecule has 134 valence electrons. The van der Waals surface area contributed by atoms with Gasteiger partial charge in [-0.15, -0.1) is 11.8 Å². The van der Waals surface area contributed by atoms with Crippen LogP contribution in [0.1, 0.15) is 11.1 Å². The third-order valence-corrected chi connectivity index (χ3v) is 4.18. The zero-order valence-corrected chi connectivity index (χ0v) is 14.2. The van der Waals surface area contributed by atoms with Crippen LogP contribution in [0, 0.1) is 20.2 Å². The fourth-order valence-corrected chi connectivity index (χ4v) is 2.72. The first-order chi connectivity index (χ1) is 12.5.